The molecule has 0 saturated heterocycles. The van der Waals surface area contributed by atoms with Gasteiger partial charge in [0.2, 0.25) is 10.0 Å². The van der Waals surface area contributed by atoms with Gasteiger partial charge in [-0.2, -0.15) is 0 Å². The quantitative estimate of drug-likeness (QED) is 0.922. The summed E-state index contributed by atoms with van der Waals surface area (Å²) in [6.07, 6.45) is 3.12. The first-order valence-electron chi connectivity index (χ1n) is 7.33. The molecule has 1 aliphatic rings. The summed E-state index contributed by atoms with van der Waals surface area (Å²) in [7, 11) is -1.90. The largest absolute Gasteiger partial charge is 0.497 e. The highest BCUT2D eigenvalue weighted by Crippen LogP contribution is 2.24. The molecule has 0 heterocycles. The Hall–Kier alpha value is -1.85. The maximum absolute atomic E-state index is 12.4. The van der Waals surface area contributed by atoms with Crippen molar-refractivity contribution in [1.82, 2.24) is 4.72 Å². The molecular weight excluding hydrogens is 298 g/mol. The summed E-state index contributed by atoms with van der Waals surface area (Å²) in [5, 5.41) is 0. The number of fused-ring (bicyclic) bond motifs is 1. The number of sulfonamides is 1. The van der Waals surface area contributed by atoms with Crippen molar-refractivity contribution in [2.24, 2.45) is 0 Å². The molecule has 0 atom stereocenters. The predicted octanol–water partition coefficient (Wildman–Crippen LogP) is 2.66. The zero-order valence-electron chi connectivity index (χ0n) is 12.5. The van der Waals surface area contributed by atoms with Crippen molar-refractivity contribution in [3.8, 4) is 5.75 Å². The summed E-state index contributed by atoms with van der Waals surface area (Å²) < 4.78 is 32.6. The zero-order chi connectivity index (χ0) is 15.6. The lowest BCUT2D eigenvalue weighted by atomic mass is 10.1. The number of hydrogen-bond acceptors (Lipinski definition) is 3. The molecule has 4 nitrogen and oxygen atoms in total. The van der Waals surface area contributed by atoms with Gasteiger partial charge in [0, 0.05) is 6.54 Å². The summed E-state index contributed by atoms with van der Waals surface area (Å²) in [6.45, 7) is 0.247. The molecule has 1 N–H and O–H groups in total. The second-order valence-corrected chi connectivity index (χ2v) is 7.23. The van der Waals surface area contributed by atoms with Crippen LogP contribution in [0.3, 0.4) is 0 Å². The molecule has 0 amide bonds. The summed E-state index contributed by atoms with van der Waals surface area (Å²) in [6, 6.07) is 12.8. The van der Waals surface area contributed by atoms with Crippen molar-refractivity contribution in [2.75, 3.05) is 7.11 Å². The number of benzene rings is 2. The average Bonchev–Trinajstić information content (AvgIpc) is 3.01. The van der Waals surface area contributed by atoms with Gasteiger partial charge in [0.25, 0.3) is 0 Å². The van der Waals surface area contributed by atoms with Gasteiger partial charge < -0.3 is 4.74 Å². The Labute approximate surface area is 131 Å². The number of nitrogens with one attached hydrogen (secondary N) is 1. The fourth-order valence-corrected chi connectivity index (χ4v) is 3.83. The standard InChI is InChI=1S/C17H19NO3S/c1-21-16-7-2-4-13(10-16)12-18-22(19,20)17-9-8-14-5-3-6-15(14)11-17/h2,4,7-11,18H,3,5-6,12H2,1H3. The Morgan fingerprint density at radius 2 is 1.91 bits per heavy atom. The van der Waals surface area contributed by atoms with Crippen LogP contribution in [-0.4, -0.2) is 15.5 Å². The van der Waals surface area contributed by atoms with Gasteiger partial charge in [-0.05, 0) is 60.2 Å². The molecule has 0 saturated carbocycles. The molecule has 0 unspecified atom stereocenters. The Bertz CT molecular complexity index is 784. The molecule has 1 aliphatic carbocycles. The first kappa shape index (κ1) is 15.1. The highest BCUT2D eigenvalue weighted by molar-refractivity contribution is 7.89. The van der Waals surface area contributed by atoms with Crippen LogP contribution < -0.4 is 9.46 Å². The van der Waals surface area contributed by atoms with Crippen LogP contribution in [0, 0.1) is 0 Å². The SMILES string of the molecule is COc1cccc(CNS(=O)(=O)c2ccc3c(c2)CCC3)c1. The van der Waals surface area contributed by atoms with E-state index in [1.54, 1.807) is 19.2 Å². The third-order valence-electron chi connectivity index (χ3n) is 3.98. The van der Waals surface area contributed by atoms with E-state index in [-0.39, 0.29) is 6.54 Å². The number of rotatable bonds is 5. The maximum atomic E-state index is 12.4. The monoisotopic (exact) mass is 317 g/mol. The highest BCUT2D eigenvalue weighted by atomic mass is 32.2. The molecule has 0 aliphatic heterocycles. The van der Waals surface area contributed by atoms with E-state index in [1.807, 2.05) is 30.3 Å². The fraction of sp³-hybridized carbons (Fsp3) is 0.294. The van der Waals surface area contributed by atoms with Gasteiger partial charge in [-0.25, -0.2) is 13.1 Å². The topological polar surface area (TPSA) is 55.4 Å². The second-order valence-electron chi connectivity index (χ2n) is 5.46. The summed E-state index contributed by atoms with van der Waals surface area (Å²) in [4.78, 5) is 0.344. The van der Waals surface area contributed by atoms with Gasteiger partial charge >= 0.3 is 0 Å². The van der Waals surface area contributed by atoms with Crippen LogP contribution in [-0.2, 0) is 29.4 Å². The van der Waals surface area contributed by atoms with Crippen LogP contribution in [0.2, 0.25) is 0 Å². The van der Waals surface area contributed by atoms with Crippen molar-refractivity contribution in [3.05, 3.63) is 59.2 Å². The van der Waals surface area contributed by atoms with Crippen LogP contribution in [0.1, 0.15) is 23.1 Å². The van der Waals surface area contributed by atoms with E-state index in [1.165, 1.54) is 5.56 Å². The number of aryl methyl sites for hydroxylation is 2. The molecule has 2 aromatic rings. The lowest BCUT2D eigenvalue weighted by Gasteiger charge is -2.09. The molecular formula is C17H19NO3S. The summed E-state index contributed by atoms with van der Waals surface area (Å²) >= 11 is 0. The molecule has 22 heavy (non-hydrogen) atoms. The summed E-state index contributed by atoms with van der Waals surface area (Å²) in [5.74, 6) is 0.717. The lowest BCUT2D eigenvalue weighted by molar-refractivity contribution is 0.414. The summed E-state index contributed by atoms with van der Waals surface area (Å²) in [5.41, 5.74) is 3.29. The predicted molar refractivity (Wildman–Crippen MR) is 85.5 cm³/mol. The minimum Gasteiger partial charge on any atom is -0.497 e. The molecule has 116 valence electrons. The van der Waals surface area contributed by atoms with Crippen LogP contribution >= 0.6 is 0 Å². The normalized spacial score (nSPS) is 13.9. The van der Waals surface area contributed by atoms with Crippen molar-refractivity contribution in [3.63, 3.8) is 0 Å². The Kier molecular flexibility index (Phi) is 4.18. The molecule has 3 rings (SSSR count). The first-order valence-corrected chi connectivity index (χ1v) is 8.81. The molecule has 0 fully saturated rings. The van der Waals surface area contributed by atoms with Gasteiger partial charge in [0.15, 0.2) is 0 Å². The number of ether oxygens (including phenoxy) is 1. The molecule has 0 bridgehead atoms. The molecule has 0 aromatic heterocycles. The maximum Gasteiger partial charge on any atom is 0.240 e. The van der Waals surface area contributed by atoms with E-state index < -0.39 is 10.0 Å². The molecule has 5 heteroatoms. The van der Waals surface area contributed by atoms with Gasteiger partial charge in [-0.15, -0.1) is 0 Å². The smallest absolute Gasteiger partial charge is 0.240 e. The minimum atomic E-state index is -3.49. The molecule has 0 spiro atoms. The van der Waals surface area contributed by atoms with Gasteiger partial charge in [0.05, 0.1) is 12.0 Å². The van der Waals surface area contributed by atoms with Crippen LogP contribution in [0.25, 0.3) is 0 Å². The van der Waals surface area contributed by atoms with E-state index in [4.69, 9.17) is 4.74 Å². The van der Waals surface area contributed by atoms with Crippen LogP contribution in [0.15, 0.2) is 47.4 Å². The second kappa shape index (κ2) is 6.10. The van der Waals surface area contributed by atoms with Crippen LogP contribution in [0.5, 0.6) is 5.75 Å². The van der Waals surface area contributed by atoms with Crippen molar-refractivity contribution < 1.29 is 13.2 Å². The number of methoxy groups -OCH3 is 1. The van der Waals surface area contributed by atoms with E-state index in [0.29, 0.717) is 10.6 Å². The molecule has 2 aromatic carbocycles. The number of hydrogen-bond donors (Lipinski definition) is 1. The zero-order valence-corrected chi connectivity index (χ0v) is 13.3. The van der Waals surface area contributed by atoms with Gasteiger partial charge in [-0.3, -0.25) is 0 Å². The Morgan fingerprint density at radius 1 is 1.09 bits per heavy atom. The Morgan fingerprint density at radius 3 is 2.73 bits per heavy atom. The minimum absolute atomic E-state index is 0.247. The highest BCUT2D eigenvalue weighted by Gasteiger charge is 2.18. The van der Waals surface area contributed by atoms with Crippen molar-refractivity contribution in [2.45, 2.75) is 30.7 Å². The van der Waals surface area contributed by atoms with E-state index in [0.717, 1.165) is 30.4 Å². The van der Waals surface area contributed by atoms with E-state index in [9.17, 15) is 8.42 Å². The third kappa shape index (κ3) is 3.15. The fourth-order valence-electron chi connectivity index (χ4n) is 2.76. The lowest BCUT2D eigenvalue weighted by Crippen LogP contribution is -2.23. The Balaban J connectivity index is 1.76. The first-order chi connectivity index (χ1) is 10.6. The molecule has 0 radical (unpaired) electrons. The average molecular weight is 317 g/mol. The third-order valence-corrected chi connectivity index (χ3v) is 5.38. The van der Waals surface area contributed by atoms with Crippen molar-refractivity contribution >= 4 is 10.0 Å². The van der Waals surface area contributed by atoms with Crippen LogP contribution in [0.4, 0.5) is 0 Å². The van der Waals surface area contributed by atoms with Crippen molar-refractivity contribution in [1.29, 1.82) is 0 Å². The van der Waals surface area contributed by atoms with Gasteiger partial charge in [-0.1, -0.05) is 18.2 Å². The van der Waals surface area contributed by atoms with E-state index >= 15 is 0 Å². The van der Waals surface area contributed by atoms with E-state index in [2.05, 4.69) is 4.72 Å². The van der Waals surface area contributed by atoms with Gasteiger partial charge in [0.1, 0.15) is 5.75 Å².